The SMILES string of the molecule is OC1CN=C(NCC2CCCS2)NC1. The van der Waals surface area contributed by atoms with Crippen molar-refractivity contribution in [2.75, 3.05) is 25.4 Å². The zero-order valence-corrected chi connectivity index (χ0v) is 9.02. The van der Waals surface area contributed by atoms with Gasteiger partial charge in [0.2, 0.25) is 0 Å². The minimum atomic E-state index is -0.318. The van der Waals surface area contributed by atoms with Crippen LogP contribution in [-0.2, 0) is 0 Å². The third-order valence-electron chi connectivity index (χ3n) is 2.49. The summed E-state index contributed by atoms with van der Waals surface area (Å²) in [5.41, 5.74) is 0. The van der Waals surface area contributed by atoms with Gasteiger partial charge in [0, 0.05) is 18.3 Å². The van der Waals surface area contributed by atoms with E-state index in [9.17, 15) is 5.11 Å². The van der Waals surface area contributed by atoms with E-state index in [4.69, 9.17) is 0 Å². The molecule has 2 atom stereocenters. The maximum atomic E-state index is 9.21. The van der Waals surface area contributed by atoms with Gasteiger partial charge in [0.1, 0.15) is 0 Å². The summed E-state index contributed by atoms with van der Waals surface area (Å²) in [4.78, 5) is 4.21. The molecule has 0 aliphatic carbocycles. The lowest BCUT2D eigenvalue weighted by molar-refractivity contribution is 0.180. The van der Waals surface area contributed by atoms with Gasteiger partial charge >= 0.3 is 0 Å². The van der Waals surface area contributed by atoms with Crippen LogP contribution in [0.4, 0.5) is 0 Å². The Morgan fingerprint density at radius 1 is 1.64 bits per heavy atom. The zero-order chi connectivity index (χ0) is 9.80. The molecule has 0 aromatic rings. The fraction of sp³-hybridized carbons (Fsp3) is 0.889. The lowest BCUT2D eigenvalue weighted by Gasteiger charge is -2.21. The van der Waals surface area contributed by atoms with Crippen LogP contribution >= 0.6 is 11.8 Å². The Labute approximate surface area is 88.6 Å². The molecular formula is C9H17N3OS. The third-order valence-corrected chi connectivity index (χ3v) is 3.88. The standard InChI is InChI=1S/C9H17N3OS/c13-7-4-10-9(11-5-7)12-6-8-2-1-3-14-8/h7-8,13H,1-6H2,(H2,10,11,12). The molecule has 2 rings (SSSR count). The first-order chi connectivity index (χ1) is 6.84. The van der Waals surface area contributed by atoms with Crippen LogP contribution in [0.1, 0.15) is 12.8 Å². The van der Waals surface area contributed by atoms with E-state index in [-0.39, 0.29) is 6.10 Å². The molecule has 0 spiro atoms. The topological polar surface area (TPSA) is 56.7 Å². The maximum absolute atomic E-state index is 9.21. The van der Waals surface area contributed by atoms with E-state index in [1.807, 2.05) is 11.8 Å². The molecule has 80 valence electrons. The molecule has 14 heavy (non-hydrogen) atoms. The summed E-state index contributed by atoms with van der Waals surface area (Å²) in [7, 11) is 0. The maximum Gasteiger partial charge on any atom is 0.191 e. The van der Waals surface area contributed by atoms with Crippen LogP contribution in [0.2, 0.25) is 0 Å². The number of aliphatic hydroxyl groups is 1. The molecule has 3 N–H and O–H groups in total. The van der Waals surface area contributed by atoms with Gasteiger partial charge in [-0.1, -0.05) is 0 Å². The summed E-state index contributed by atoms with van der Waals surface area (Å²) >= 11 is 2.04. The highest BCUT2D eigenvalue weighted by molar-refractivity contribution is 8.00. The average Bonchev–Trinajstić information content (AvgIpc) is 2.70. The van der Waals surface area contributed by atoms with Crippen LogP contribution in [0.25, 0.3) is 0 Å². The lowest BCUT2D eigenvalue weighted by Crippen LogP contribution is -2.47. The van der Waals surface area contributed by atoms with Crippen molar-refractivity contribution in [3.05, 3.63) is 0 Å². The van der Waals surface area contributed by atoms with Crippen molar-refractivity contribution in [2.45, 2.75) is 24.2 Å². The van der Waals surface area contributed by atoms with Crippen molar-refractivity contribution in [2.24, 2.45) is 4.99 Å². The highest BCUT2D eigenvalue weighted by Gasteiger charge is 2.17. The fourth-order valence-electron chi connectivity index (χ4n) is 1.67. The smallest absolute Gasteiger partial charge is 0.191 e. The fourth-order valence-corrected chi connectivity index (χ4v) is 2.87. The first-order valence-corrected chi connectivity index (χ1v) is 6.21. The summed E-state index contributed by atoms with van der Waals surface area (Å²) in [5, 5.41) is 16.3. The second-order valence-electron chi connectivity index (χ2n) is 3.74. The van der Waals surface area contributed by atoms with Crippen LogP contribution < -0.4 is 10.6 Å². The third kappa shape index (κ3) is 2.78. The van der Waals surface area contributed by atoms with E-state index in [0.29, 0.717) is 13.1 Å². The van der Waals surface area contributed by atoms with E-state index >= 15 is 0 Å². The van der Waals surface area contributed by atoms with Gasteiger partial charge in [-0.2, -0.15) is 11.8 Å². The van der Waals surface area contributed by atoms with Crippen LogP contribution in [0, 0.1) is 0 Å². The van der Waals surface area contributed by atoms with Gasteiger partial charge in [-0.25, -0.2) is 0 Å². The molecule has 0 bridgehead atoms. The Kier molecular flexibility index (Phi) is 3.53. The summed E-state index contributed by atoms with van der Waals surface area (Å²) in [6.07, 6.45) is 2.34. The number of aliphatic imine (C=N–C) groups is 1. The van der Waals surface area contributed by atoms with Crippen molar-refractivity contribution < 1.29 is 5.11 Å². The zero-order valence-electron chi connectivity index (χ0n) is 8.20. The second-order valence-corrected chi connectivity index (χ2v) is 5.15. The molecule has 2 heterocycles. The van der Waals surface area contributed by atoms with Crippen LogP contribution in [0.3, 0.4) is 0 Å². The average molecular weight is 215 g/mol. The van der Waals surface area contributed by atoms with E-state index < -0.39 is 0 Å². The van der Waals surface area contributed by atoms with E-state index in [0.717, 1.165) is 17.8 Å². The normalized spacial score (nSPS) is 32.2. The van der Waals surface area contributed by atoms with Gasteiger partial charge in [0.05, 0.1) is 12.6 Å². The Bertz CT molecular complexity index is 216. The quantitative estimate of drug-likeness (QED) is 0.597. The van der Waals surface area contributed by atoms with Gasteiger partial charge in [-0.05, 0) is 18.6 Å². The number of nitrogens with one attached hydrogen (secondary N) is 2. The summed E-state index contributed by atoms with van der Waals surface area (Å²) in [6.45, 7) is 2.13. The monoisotopic (exact) mass is 215 g/mol. The first-order valence-electron chi connectivity index (χ1n) is 5.16. The summed E-state index contributed by atoms with van der Waals surface area (Å²) in [5.74, 6) is 2.15. The Hall–Kier alpha value is -0.420. The molecule has 1 fully saturated rings. The first kappa shape index (κ1) is 10.1. The van der Waals surface area contributed by atoms with Gasteiger partial charge in [0.15, 0.2) is 5.96 Å². The Balaban J connectivity index is 1.69. The minimum Gasteiger partial charge on any atom is -0.389 e. The molecule has 4 nitrogen and oxygen atoms in total. The molecule has 1 saturated heterocycles. The lowest BCUT2D eigenvalue weighted by atomic mass is 10.2. The highest BCUT2D eigenvalue weighted by atomic mass is 32.2. The Morgan fingerprint density at radius 3 is 3.21 bits per heavy atom. The molecule has 2 aliphatic rings. The number of thioether (sulfide) groups is 1. The van der Waals surface area contributed by atoms with Gasteiger partial charge in [-0.3, -0.25) is 4.99 Å². The number of hydrogen-bond acceptors (Lipinski definition) is 5. The van der Waals surface area contributed by atoms with Crippen molar-refractivity contribution in [1.29, 1.82) is 0 Å². The molecule has 2 unspecified atom stereocenters. The number of rotatable bonds is 2. The summed E-state index contributed by atoms with van der Waals surface area (Å²) < 4.78 is 0. The van der Waals surface area contributed by atoms with Crippen LogP contribution in [0.15, 0.2) is 4.99 Å². The molecule has 0 amide bonds. The largest absolute Gasteiger partial charge is 0.389 e. The molecule has 0 aromatic heterocycles. The van der Waals surface area contributed by atoms with Gasteiger partial charge in [-0.15, -0.1) is 0 Å². The van der Waals surface area contributed by atoms with Crippen LogP contribution in [0.5, 0.6) is 0 Å². The molecule has 2 aliphatic heterocycles. The molecule has 0 aromatic carbocycles. The van der Waals surface area contributed by atoms with Crippen molar-refractivity contribution in [3.8, 4) is 0 Å². The van der Waals surface area contributed by atoms with Crippen LogP contribution in [-0.4, -0.2) is 47.8 Å². The number of nitrogens with zero attached hydrogens (tertiary/aromatic N) is 1. The molecular weight excluding hydrogens is 198 g/mol. The van der Waals surface area contributed by atoms with E-state index in [2.05, 4.69) is 15.6 Å². The van der Waals surface area contributed by atoms with Crippen molar-refractivity contribution in [1.82, 2.24) is 10.6 Å². The molecule has 5 heteroatoms. The minimum absolute atomic E-state index is 0.318. The number of β-amino-alcohol motifs (C(OH)–C–C–N with tert-alkyl or cyclic N) is 1. The van der Waals surface area contributed by atoms with Crippen molar-refractivity contribution in [3.63, 3.8) is 0 Å². The second kappa shape index (κ2) is 4.89. The van der Waals surface area contributed by atoms with E-state index in [1.54, 1.807) is 0 Å². The number of guanidine groups is 1. The highest BCUT2D eigenvalue weighted by Crippen LogP contribution is 2.25. The predicted molar refractivity (Wildman–Crippen MR) is 59.8 cm³/mol. The predicted octanol–water partition coefficient (Wildman–Crippen LogP) is -0.208. The Morgan fingerprint density at radius 2 is 2.57 bits per heavy atom. The number of aliphatic hydroxyl groups excluding tert-OH is 1. The van der Waals surface area contributed by atoms with Gasteiger partial charge in [0.25, 0.3) is 0 Å². The molecule has 0 radical (unpaired) electrons. The summed E-state index contributed by atoms with van der Waals surface area (Å²) in [6, 6.07) is 0. The van der Waals surface area contributed by atoms with Crippen molar-refractivity contribution >= 4 is 17.7 Å². The number of hydrogen-bond donors (Lipinski definition) is 3. The molecule has 0 saturated carbocycles. The van der Waals surface area contributed by atoms with Gasteiger partial charge < -0.3 is 15.7 Å². The van der Waals surface area contributed by atoms with E-state index in [1.165, 1.54) is 18.6 Å².